The second-order valence-corrected chi connectivity index (χ2v) is 4.77. The molecule has 1 aromatic heterocycles. The van der Waals surface area contributed by atoms with Crippen molar-refractivity contribution in [2.24, 2.45) is 5.73 Å². The number of nitrogens with two attached hydrogens (primary N) is 1. The number of ether oxygens (including phenoxy) is 1. The third-order valence-corrected chi connectivity index (χ3v) is 3.47. The molecule has 5 nitrogen and oxygen atoms in total. The lowest BCUT2D eigenvalue weighted by Gasteiger charge is -2.27. The van der Waals surface area contributed by atoms with E-state index in [1.165, 1.54) is 0 Å². The second kappa shape index (κ2) is 5.46. The topological polar surface area (TPSA) is 75.2 Å². The SMILES string of the molecule is CC1OCCC1N(C)Cc1cccnc1C(=N)N. The highest BCUT2D eigenvalue weighted by Crippen LogP contribution is 2.20. The van der Waals surface area contributed by atoms with Gasteiger partial charge >= 0.3 is 0 Å². The molecule has 0 radical (unpaired) electrons. The van der Waals surface area contributed by atoms with Gasteiger partial charge in [0.15, 0.2) is 0 Å². The van der Waals surface area contributed by atoms with Crippen LogP contribution in [0.1, 0.15) is 24.6 Å². The predicted molar refractivity (Wildman–Crippen MR) is 70.5 cm³/mol. The number of nitrogen functional groups attached to an aromatic ring is 1. The van der Waals surface area contributed by atoms with Crippen LogP contribution in [0.25, 0.3) is 0 Å². The maximum Gasteiger partial charge on any atom is 0.142 e. The quantitative estimate of drug-likeness (QED) is 0.615. The fourth-order valence-corrected chi connectivity index (χ4v) is 2.49. The van der Waals surface area contributed by atoms with Crippen LogP contribution < -0.4 is 5.73 Å². The Bertz CT molecular complexity index is 435. The van der Waals surface area contributed by atoms with Crippen LogP contribution >= 0.6 is 0 Å². The molecule has 0 amide bonds. The summed E-state index contributed by atoms with van der Waals surface area (Å²) in [5.41, 5.74) is 7.12. The largest absolute Gasteiger partial charge is 0.382 e. The normalized spacial score (nSPS) is 23.5. The zero-order valence-electron chi connectivity index (χ0n) is 10.9. The van der Waals surface area contributed by atoms with Crippen molar-refractivity contribution < 1.29 is 4.74 Å². The first-order chi connectivity index (χ1) is 8.59. The Morgan fingerprint density at radius 3 is 3.06 bits per heavy atom. The third-order valence-electron chi connectivity index (χ3n) is 3.47. The summed E-state index contributed by atoms with van der Waals surface area (Å²) in [6.45, 7) is 3.66. The lowest BCUT2D eigenvalue weighted by atomic mass is 10.1. The van der Waals surface area contributed by atoms with Gasteiger partial charge in [-0.25, -0.2) is 0 Å². The van der Waals surface area contributed by atoms with Crippen LogP contribution in [0.4, 0.5) is 0 Å². The number of aromatic nitrogens is 1. The van der Waals surface area contributed by atoms with Gasteiger partial charge in [0.2, 0.25) is 0 Å². The summed E-state index contributed by atoms with van der Waals surface area (Å²) in [4.78, 5) is 6.42. The molecule has 2 heterocycles. The highest BCUT2D eigenvalue weighted by atomic mass is 16.5. The van der Waals surface area contributed by atoms with Gasteiger partial charge in [-0.1, -0.05) is 6.07 Å². The minimum Gasteiger partial charge on any atom is -0.382 e. The summed E-state index contributed by atoms with van der Waals surface area (Å²) in [5.74, 6) is 0.0229. The Hall–Kier alpha value is -1.46. The molecule has 2 rings (SSSR count). The second-order valence-electron chi connectivity index (χ2n) is 4.77. The zero-order valence-corrected chi connectivity index (χ0v) is 10.9. The molecule has 1 saturated heterocycles. The number of nitrogens with one attached hydrogen (secondary N) is 1. The Morgan fingerprint density at radius 1 is 1.67 bits per heavy atom. The van der Waals surface area contributed by atoms with E-state index in [4.69, 9.17) is 15.9 Å². The maximum absolute atomic E-state index is 7.54. The summed E-state index contributed by atoms with van der Waals surface area (Å²) >= 11 is 0. The Labute approximate surface area is 107 Å². The fraction of sp³-hybridized carbons (Fsp3) is 0.538. The number of hydrogen-bond acceptors (Lipinski definition) is 4. The third kappa shape index (κ3) is 2.68. The van der Waals surface area contributed by atoms with Crippen molar-refractivity contribution in [2.75, 3.05) is 13.7 Å². The van der Waals surface area contributed by atoms with E-state index >= 15 is 0 Å². The van der Waals surface area contributed by atoms with Crippen molar-refractivity contribution in [2.45, 2.75) is 32.0 Å². The fourth-order valence-electron chi connectivity index (χ4n) is 2.49. The Kier molecular flexibility index (Phi) is 3.93. The number of amidine groups is 1. The molecule has 2 atom stereocenters. The lowest BCUT2D eigenvalue weighted by molar-refractivity contribution is 0.0814. The molecule has 1 aromatic rings. The molecule has 98 valence electrons. The van der Waals surface area contributed by atoms with Crippen LogP contribution in [0, 0.1) is 5.41 Å². The smallest absolute Gasteiger partial charge is 0.142 e. The Morgan fingerprint density at radius 2 is 2.44 bits per heavy atom. The first-order valence-corrected chi connectivity index (χ1v) is 6.19. The van der Waals surface area contributed by atoms with E-state index in [2.05, 4.69) is 23.9 Å². The molecule has 0 aliphatic carbocycles. The van der Waals surface area contributed by atoms with Gasteiger partial charge in [0, 0.05) is 25.4 Å². The van der Waals surface area contributed by atoms with Gasteiger partial charge in [-0.15, -0.1) is 0 Å². The van der Waals surface area contributed by atoms with E-state index in [-0.39, 0.29) is 11.9 Å². The van der Waals surface area contributed by atoms with Crippen molar-refractivity contribution in [3.63, 3.8) is 0 Å². The number of pyridine rings is 1. The average molecular weight is 248 g/mol. The highest BCUT2D eigenvalue weighted by molar-refractivity contribution is 5.94. The number of nitrogens with zero attached hydrogens (tertiary/aromatic N) is 2. The van der Waals surface area contributed by atoms with Crippen LogP contribution in [0.5, 0.6) is 0 Å². The van der Waals surface area contributed by atoms with Crippen molar-refractivity contribution >= 4 is 5.84 Å². The first kappa shape index (κ1) is 13.0. The Balaban J connectivity index is 2.11. The molecule has 1 aliphatic heterocycles. The van der Waals surface area contributed by atoms with Gasteiger partial charge in [0.25, 0.3) is 0 Å². The van der Waals surface area contributed by atoms with E-state index in [0.29, 0.717) is 11.7 Å². The zero-order chi connectivity index (χ0) is 13.1. The van der Waals surface area contributed by atoms with Gasteiger partial charge in [-0.2, -0.15) is 0 Å². The monoisotopic (exact) mass is 248 g/mol. The molecule has 0 spiro atoms. The van der Waals surface area contributed by atoms with Crippen molar-refractivity contribution in [1.29, 1.82) is 5.41 Å². The molecule has 0 aromatic carbocycles. The molecule has 3 N–H and O–H groups in total. The molecule has 18 heavy (non-hydrogen) atoms. The molecule has 0 saturated carbocycles. The van der Waals surface area contributed by atoms with Gasteiger partial charge in [-0.05, 0) is 32.0 Å². The van der Waals surface area contributed by atoms with Crippen molar-refractivity contribution in [1.82, 2.24) is 9.88 Å². The predicted octanol–water partition coefficient (Wildman–Crippen LogP) is 0.975. The maximum atomic E-state index is 7.54. The standard InChI is InChI=1S/C13H20N4O/c1-9-11(5-7-18-9)17(2)8-10-4-3-6-16-12(10)13(14)15/h3-4,6,9,11H,5,7-8H2,1-2H3,(H3,14,15). The lowest BCUT2D eigenvalue weighted by Crippen LogP contribution is -2.36. The van der Waals surface area contributed by atoms with Crippen LogP contribution in [0.3, 0.4) is 0 Å². The molecule has 1 fully saturated rings. The van der Waals surface area contributed by atoms with E-state index in [1.807, 2.05) is 12.1 Å². The molecule has 2 unspecified atom stereocenters. The highest BCUT2D eigenvalue weighted by Gasteiger charge is 2.28. The minimum absolute atomic E-state index is 0.0229. The molecule has 1 aliphatic rings. The summed E-state index contributed by atoms with van der Waals surface area (Å²) in [6, 6.07) is 4.27. The van der Waals surface area contributed by atoms with Crippen LogP contribution in [0.15, 0.2) is 18.3 Å². The number of hydrogen-bond donors (Lipinski definition) is 2. The van der Waals surface area contributed by atoms with Crippen molar-refractivity contribution in [3.8, 4) is 0 Å². The average Bonchev–Trinajstić information content (AvgIpc) is 2.76. The summed E-state index contributed by atoms with van der Waals surface area (Å²) in [6.07, 6.45) is 2.97. The molecular weight excluding hydrogens is 228 g/mol. The van der Waals surface area contributed by atoms with E-state index < -0.39 is 0 Å². The van der Waals surface area contributed by atoms with Crippen molar-refractivity contribution in [3.05, 3.63) is 29.6 Å². The van der Waals surface area contributed by atoms with Gasteiger partial charge in [0.05, 0.1) is 6.10 Å². The van der Waals surface area contributed by atoms with Crippen LogP contribution in [-0.4, -0.2) is 41.5 Å². The van der Waals surface area contributed by atoms with E-state index in [9.17, 15) is 0 Å². The summed E-state index contributed by atoms with van der Waals surface area (Å²) < 4.78 is 5.58. The van der Waals surface area contributed by atoms with Gasteiger partial charge < -0.3 is 10.5 Å². The molecule has 0 bridgehead atoms. The van der Waals surface area contributed by atoms with E-state index in [0.717, 1.165) is 25.1 Å². The van der Waals surface area contributed by atoms with Crippen LogP contribution in [0.2, 0.25) is 0 Å². The van der Waals surface area contributed by atoms with Gasteiger partial charge in [0.1, 0.15) is 11.5 Å². The van der Waals surface area contributed by atoms with Gasteiger partial charge in [-0.3, -0.25) is 15.3 Å². The number of likely N-dealkylation sites (N-methyl/N-ethyl adjacent to an activating group) is 1. The first-order valence-electron chi connectivity index (χ1n) is 6.19. The summed E-state index contributed by atoms with van der Waals surface area (Å²) in [7, 11) is 2.08. The van der Waals surface area contributed by atoms with Crippen LogP contribution in [-0.2, 0) is 11.3 Å². The molecular formula is C13H20N4O. The molecule has 5 heteroatoms. The van der Waals surface area contributed by atoms with E-state index in [1.54, 1.807) is 6.20 Å². The number of rotatable bonds is 4. The summed E-state index contributed by atoms with van der Waals surface area (Å²) in [5, 5.41) is 7.54. The minimum atomic E-state index is 0.0229.